The molecule has 120 valence electrons. The minimum atomic E-state index is -0.142. The van der Waals surface area contributed by atoms with Crippen molar-refractivity contribution < 1.29 is 4.39 Å². The van der Waals surface area contributed by atoms with Gasteiger partial charge in [-0.1, -0.05) is 39.8 Å². The fourth-order valence-corrected chi connectivity index (χ4v) is 2.76. The molecule has 1 N–H and O–H groups in total. The Hall–Kier alpha value is -1.09. The fraction of sp³-hybridized carbons (Fsp3) is 0.667. The number of rotatable bonds is 9. The van der Waals surface area contributed by atoms with E-state index in [4.69, 9.17) is 0 Å². The molecule has 1 aromatic rings. The summed E-state index contributed by atoms with van der Waals surface area (Å²) in [6.45, 7) is 11.8. The van der Waals surface area contributed by atoms with Crippen molar-refractivity contribution in [1.29, 1.82) is 0 Å². The molecular formula is C18H31FN2. The normalized spacial score (nSPS) is 12.0. The lowest BCUT2D eigenvalue weighted by Crippen LogP contribution is -2.43. The average molecular weight is 294 g/mol. The van der Waals surface area contributed by atoms with Gasteiger partial charge in [-0.25, -0.2) is 4.39 Å². The third-order valence-electron chi connectivity index (χ3n) is 4.39. The Morgan fingerprint density at radius 1 is 1.19 bits per heavy atom. The van der Waals surface area contributed by atoms with Crippen molar-refractivity contribution >= 4 is 5.69 Å². The van der Waals surface area contributed by atoms with Crippen LogP contribution < -0.4 is 10.2 Å². The van der Waals surface area contributed by atoms with Crippen LogP contribution in [0.3, 0.4) is 0 Å². The number of nitrogens with one attached hydrogen (secondary N) is 1. The Balaban J connectivity index is 2.75. The summed E-state index contributed by atoms with van der Waals surface area (Å²) in [4.78, 5) is 2.05. The van der Waals surface area contributed by atoms with E-state index in [0.717, 1.165) is 32.5 Å². The second-order valence-corrected chi connectivity index (χ2v) is 6.54. The highest BCUT2D eigenvalue weighted by Crippen LogP contribution is 2.29. The number of benzene rings is 1. The highest BCUT2D eigenvalue weighted by atomic mass is 19.1. The molecule has 0 spiro atoms. The van der Waals surface area contributed by atoms with E-state index in [-0.39, 0.29) is 11.2 Å². The molecule has 0 aliphatic rings. The Morgan fingerprint density at radius 2 is 1.81 bits per heavy atom. The zero-order chi connectivity index (χ0) is 15.9. The Morgan fingerprint density at radius 3 is 2.33 bits per heavy atom. The maximum atomic E-state index is 13.9. The van der Waals surface area contributed by atoms with Crippen LogP contribution in [0.25, 0.3) is 0 Å². The van der Waals surface area contributed by atoms with E-state index in [1.54, 1.807) is 6.07 Å². The molecule has 0 heterocycles. The second kappa shape index (κ2) is 8.38. The van der Waals surface area contributed by atoms with Gasteiger partial charge in [-0.3, -0.25) is 0 Å². The van der Waals surface area contributed by atoms with E-state index in [0.29, 0.717) is 11.6 Å². The summed E-state index contributed by atoms with van der Waals surface area (Å²) >= 11 is 0. The molecule has 1 aromatic carbocycles. The van der Waals surface area contributed by atoms with Crippen molar-refractivity contribution in [3.63, 3.8) is 0 Å². The summed E-state index contributed by atoms with van der Waals surface area (Å²) in [7, 11) is 1.99. The smallest absolute Gasteiger partial charge is 0.146 e. The lowest BCUT2D eigenvalue weighted by molar-refractivity contribution is 0.251. The van der Waals surface area contributed by atoms with Crippen molar-refractivity contribution in [2.75, 3.05) is 31.6 Å². The highest BCUT2D eigenvalue weighted by molar-refractivity contribution is 5.47. The quantitative estimate of drug-likeness (QED) is 0.730. The number of halogens is 1. The zero-order valence-corrected chi connectivity index (χ0v) is 14.2. The van der Waals surface area contributed by atoms with E-state index in [2.05, 4.69) is 37.9 Å². The van der Waals surface area contributed by atoms with E-state index in [1.807, 2.05) is 19.2 Å². The van der Waals surface area contributed by atoms with E-state index in [9.17, 15) is 4.39 Å². The minimum Gasteiger partial charge on any atom is -0.372 e. The zero-order valence-electron chi connectivity index (χ0n) is 14.2. The summed E-state index contributed by atoms with van der Waals surface area (Å²) in [6.07, 6.45) is 2.18. The summed E-state index contributed by atoms with van der Waals surface area (Å²) in [5.74, 6) is 0.511. The lowest BCUT2D eigenvalue weighted by atomic mass is 9.81. The largest absolute Gasteiger partial charge is 0.372 e. The van der Waals surface area contributed by atoms with Gasteiger partial charge in [-0.05, 0) is 42.9 Å². The third kappa shape index (κ3) is 5.31. The minimum absolute atomic E-state index is 0.142. The molecule has 0 radical (unpaired) electrons. The van der Waals surface area contributed by atoms with E-state index >= 15 is 0 Å². The van der Waals surface area contributed by atoms with Gasteiger partial charge in [0.1, 0.15) is 5.82 Å². The van der Waals surface area contributed by atoms with Crippen molar-refractivity contribution in [3.05, 3.63) is 30.1 Å². The number of hydrogen-bond donors (Lipinski definition) is 1. The van der Waals surface area contributed by atoms with Crippen molar-refractivity contribution in [2.45, 2.75) is 40.5 Å². The van der Waals surface area contributed by atoms with Gasteiger partial charge in [-0.15, -0.1) is 0 Å². The molecule has 0 unspecified atom stereocenters. The number of nitrogens with zero attached hydrogens (tertiary/aromatic N) is 1. The first kappa shape index (κ1) is 18.0. The molecule has 21 heavy (non-hydrogen) atoms. The molecule has 0 saturated carbocycles. The molecule has 2 nitrogen and oxygen atoms in total. The van der Waals surface area contributed by atoms with E-state index in [1.165, 1.54) is 6.07 Å². The molecular weight excluding hydrogens is 263 g/mol. The maximum absolute atomic E-state index is 13.9. The number of hydrogen-bond acceptors (Lipinski definition) is 2. The van der Waals surface area contributed by atoms with Crippen molar-refractivity contribution in [2.24, 2.45) is 11.3 Å². The average Bonchev–Trinajstić information content (AvgIpc) is 2.46. The lowest BCUT2D eigenvalue weighted by Gasteiger charge is -2.37. The highest BCUT2D eigenvalue weighted by Gasteiger charge is 2.28. The van der Waals surface area contributed by atoms with Crippen molar-refractivity contribution in [1.82, 2.24) is 5.32 Å². The molecule has 0 saturated heterocycles. The van der Waals surface area contributed by atoms with Gasteiger partial charge in [0.25, 0.3) is 0 Å². The van der Waals surface area contributed by atoms with Gasteiger partial charge in [-0.2, -0.15) is 0 Å². The van der Waals surface area contributed by atoms with Crippen molar-refractivity contribution in [3.8, 4) is 0 Å². The SMILES string of the molecule is CCC(CC)(CNCC(C)C)CN(C)c1ccccc1F. The van der Waals surface area contributed by atoms with Gasteiger partial charge in [0.05, 0.1) is 5.69 Å². The molecule has 0 aliphatic carbocycles. The standard InChI is InChI=1S/C18H31FN2/c1-6-18(7-2,13-20-12-15(3)4)14-21(5)17-11-9-8-10-16(17)19/h8-11,15,20H,6-7,12-14H2,1-5H3. The van der Waals surface area contributed by atoms with Crippen LogP contribution in [0.1, 0.15) is 40.5 Å². The summed E-state index contributed by atoms with van der Waals surface area (Å²) < 4.78 is 13.9. The van der Waals surface area contributed by atoms with Gasteiger partial charge < -0.3 is 10.2 Å². The molecule has 0 fully saturated rings. The van der Waals surface area contributed by atoms with Gasteiger partial charge in [0.2, 0.25) is 0 Å². The van der Waals surface area contributed by atoms with Gasteiger partial charge >= 0.3 is 0 Å². The molecule has 0 atom stereocenters. The van der Waals surface area contributed by atoms with Gasteiger partial charge in [0, 0.05) is 20.1 Å². The predicted molar refractivity (Wildman–Crippen MR) is 90.4 cm³/mol. The summed E-state index contributed by atoms with van der Waals surface area (Å²) in [6, 6.07) is 7.02. The first-order valence-electron chi connectivity index (χ1n) is 8.10. The predicted octanol–water partition coefficient (Wildman–Crippen LogP) is 4.31. The molecule has 0 aliphatic heterocycles. The first-order chi connectivity index (χ1) is 9.94. The first-order valence-corrected chi connectivity index (χ1v) is 8.10. The van der Waals surface area contributed by atoms with Crippen LogP contribution in [0, 0.1) is 17.2 Å². The maximum Gasteiger partial charge on any atom is 0.146 e. The Kier molecular flexibility index (Phi) is 7.16. The summed E-state index contributed by atoms with van der Waals surface area (Å²) in [5, 5.41) is 3.58. The van der Waals surface area contributed by atoms with Gasteiger partial charge in [0.15, 0.2) is 0 Å². The third-order valence-corrected chi connectivity index (χ3v) is 4.39. The molecule has 0 bridgehead atoms. The van der Waals surface area contributed by atoms with Crippen LogP contribution in [-0.2, 0) is 0 Å². The molecule has 1 rings (SSSR count). The Bertz CT molecular complexity index is 413. The van der Waals surface area contributed by atoms with Crippen LogP contribution in [0.15, 0.2) is 24.3 Å². The molecule has 0 aromatic heterocycles. The van der Waals surface area contributed by atoms with Crippen LogP contribution in [-0.4, -0.2) is 26.7 Å². The topological polar surface area (TPSA) is 15.3 Å². The van der Waals surface area contributed by atoms with E-state index < -0.39 is 0 Å². The monoisotopic (exact) mass is 294 g/mol. The van der Waals surface area contributed by atoms with Crippen LogP contribution >= 0.6 is 0 Å². The van der Waals surface area contributed by atoms with Crippen LogP contribution in [0.4, 0.5) is 10.1 Å². The molecule has 0 amide bonds. The second-order valence-electron chi connectivity index (χ2n) is 6.54. The Labute approximate surface area is 129 Å². The van der Waals surface area contributed by atoms with Crippen LogP contribution in [0.5, 0.6) is 0 Å². The molecule has 3 heteroatoms. The number of para-hydroxylation sites is 1. The summed E-state index contributed by atoms with van der Waals surface area (Å²) in [5.41, 5.74) is 0.874. The number of anilines is 1. The fourth-order valence-electron chi connectivity index (χ4n) is 2.76. The van der Waals surface area contributed by atoms with Crippen LogP contribution in [0.2, 0.25) is 0 Å².